The molecule has 2 atom stereocenters. The second-order valence-electron chi connectivity index (χ2n) is 5.57. The van der Waals surface area contributed by atoms with E-state index in [2.05, 4.69) is 0 Å². The predicted octanol–water partition coefficient (Wildman–Crippen LogP) is 2.97. The summed E-state index contributed by atoms with van der Waals surface area (Å²) in [7, 11) is 1.70. The number of hydrogen-bond donors (Lipinski definition) is 0. The number of anilines is 1. The number of amides is 1. The molecule has 4 heteroatoms. The highest BCUT2D eigenvalue weighted by Gasteiger charge is 2.44. The SMILES string of the molecule is CCOC(=O)C1C(=O)N(C)c2ccccc2C1c1ccccc1. The minimum atomic E-state index is -0.850. The molecule has 0 aliphatic carbocycles. The molecule has 0 radical (unpaired) electrons. The number of fused-ring (bicyclic) bond motifs is 1. The molecule has 2 aromatic carbocycles. The van der Waals surface area contributed by atoms with E-state index in [1.54, 1.807) is 18.9 Å². The van der Waals surface area contributed by atoms with Crippen LogP contribution in [-0.2, 0) is 14.3 Å². The highest BCUT2D eigenvalue weighted by molar-refractivity contribution is 6.09. The zero-order valence-corrected chi connectivity index (χ0v) is 13.2. The number of nitrogens with zero attached hydrogens (tertiary/aromatic N) is 1. The van der Waals surface area contributed by atoms with Gasteiger partial charge < -0.3 is 9.64 Å². The highest BCUT2D eigenvalue weighted by atomic mass is 16.5. The Balaban J connectivity index is 2.18. The fraction of sp³-hybridized carbons (Fsp3) is 0.263. The lowest BCUT2D eigenvalue weighted by Crippen LogP contribution is -2.45. The summed E-state index contributed by atoms with van der Waals surface area (Å²) in [5, 5.41) is 0. The Labute approximate surface area is 135 Å². The van der Waals surface area contributed by atoms with Gasteiger partial charge in [0.25, 0.3) is 0 Å². The Hall–Kier alpha value is -2.62. The Morgan fingerprint density at radius 1 is 1.09 bits per heavy atom. The third-order valence-electron chi connectivity index (χ3n) is 4.26. The Morgan fingerprint density at radius 3 is 2.43 bits per heavy atom. The lowest BCUT2D eigenvalue weighted by Gasteiger charge is -2.36. The molecule has 1 aliphatic rings. The zero-order valence-electron chi connectivity index (χ0n) is 13.2. The summed E-state index contributed by atoms with van der Waals surface area (Å²) in [6.45, 7) is 2.01. The van der Waals surface area contributed by atoms with Crippen molar-refractivity contribution in [1.82, 2.24) is 0 Å². The van der Waals surface area contributed by atoms with Crippen molar-refractivity contribution < 1.29 is 14.3 Å². The Kier molecular flexibility index (Phi) is 4.15. The van der Waals surface area contributed by atoms with E-state index in [4.69, 9.17) is 4.74 Å². The molecule has 0 fully saturated rings. The topological polar surface area (TPSA) is 46.6 Å². The minimum Gasteiger partial charge on any atom is -0.465 e. The Bertz CT molecular complexity index is 726. The normalized spacial score (nSPS) is 20.1. The Morgan fingerprint density at radius 2 is 1.74 bits per heavy atom. The van der Waals surface area contributed by atoms with Crippen molar-refractivity contribution in [2.75, 3.05) is 18.6 Å². The molecule has 2 unspecified atom stereocenters. The van der Waals surface area contributed by atoms with Crippen LogP contribution in [0, 0.1) is 5.92 Å². The van der Waals surface area contributed by atoms with E-state index in [0.717, 1.165) is 16.8 Å². The molecule has 0 N–H and O–H groups in total. The number of para-hydroxylation sites is 1. The van der Waals surface area contributed by atoms with Gasteiger partial charge in [-0.3, -0.25) is 9.59 Å². The average Bonchev–Trinajstić information content (AvgIpc) is 2.58. The number of esters is 1. The van der Waals surface area contributed by atoms with Crippen LogP contribution in [0.25, 0.3) is 0 Å². The van der Waals surface area contributed by atoms with Crippen LogP contribution in [0.5, 0.6) is 0 Å². The van der Waals surface area contributed by atoms with Gasteiger partial charge in [0.1, 0.15) is 5.92 Å². The highest BCUT2D eigenvalue weighted by Crippen LogP contribution is 2.43. The third-order valence-corrected chi connectivity index (χ3v) is 4.26. The number of rotatable bonds is 3. The molecule has 1 heterocycles. The molecule has 0 spiro atoms. The number of hydrogen-bond acceptors (Lipinski definition) is 3. The fourth-order valence-corrected chi connectivity index (χ4v) is 3.21. The van der Waals surface area contributed by atoms with E-state index in [-0.39, 0.29) is 18.4 Å². The number of ether oxygens (including phenoxy) is 1. The fourth-order valence-electron chi connectivity index (χ4n) is 3.21. The maximum atomic E-state index is 12.8. The third kappa shape index (κ3) is 2.61. The number of carbonyl (C=O) groups excluding carboxylic acids is 2. The summed E-state index contributed by atoms with van der Waals surface area (Å²) in [5.41, 5.74) is 2.75. The van der Waals surface area contributed by atoms with Gasteiger partial charge in [0.15, 0.2) is 0 Å². The molecule has 0 saturated carbocycles. The van der Waals surface area contributed by atoms with Crippen molar-refractivity contribution in [2.45, 2.75) is 12.8 Å². The molecule has 118 valence electrons. The molecule has 0 aromatic heterocycles. The van der Waals surface area contributed by atoms with Crippen LogP contribution in [0.1, 0.15) is 24.0 Å². The quantitative estimate of drug-likeness (QED) is 0.647. The van der Waals surface area contributed by atoms with Gasteiger partial charge in [-0.2, -0.15) is 0 Å². The number of benzene rings is 2. The molecular formula is C19H19NO3. The lowest BCUT2D eigenvalue weighted by molar-refractivity contribution is -0.152. The van der Waals surface area contributed by atoms with Crippen molar-refractivity contribution in [3.63, 3.8) is 0 Å². The molecule has 3 rings (SSSR count). The van der Waals surface area contributed by atoms with Crippen LogP contribution >= 0.6 is 0 Å². The van der Waals surface area contributed by atoms with E-state index in [1.807, 2.05) is 54.6 Å². The molecule has 1 amide bonds. The van der Waals surface area contributed by atoms with Gasteiger partial charge in [0.05, 0.1) is 6.61 Å². The smallest absolute Gasteiger partial charge is 0.319 e. The van der Waals surface area contributed by atoms with E-state index >= 15 is 0 Å². The number of carbonyl (C=O) groups is 2. The average molecular weight is 309 g/mol. The molecule has 1 aliphatic heterocycles. The first-order valence-corrected chi connectivity index (χ1v) is 7.73. The second-order valence-corrected chi connectivity index (χ2v) is 5.57. The van der Waals surface area contributed by atoms with Gasteiger partial charge in [0.2, 0.25) is 5.91 Å². The first kappa shape index (κ1) is 15.3. The zero-order chi connectivity index (χ0) is 16.4. The van der Waals surface area contributed by atoms with Crippen molar-refractivity contribution in [1.29, 1.82) is 0 Å². The van der Waals surface area contributed by atoms with Gasteiger partial charge in [-0.15, -0.1) is 0 Å². The predicted molar refractivity (Wildman–Crippen MR) is 88.3 cm³/mol. The van der Waals surface area contributed by atoms with Crippen molar-refractivity contribution in [3.05, 3.63) is 65.7 Å². The summed E-state index contributed by atoms with van der Waals surface area (Å²) < 4.78 is 5.18. The standard InChI is InChI=1S/C19H19NO3/c1-3-23-19(22)17-16(13-9-5-4-6-10-13)14-11-7-8-12-15(14)20(2)18(17)21/h4-12,16-17H,3H2,1-2H3. The molecule has 23 heavy (non-hydrogen) atoms. The molecule has 2 aromatic rings. The van der Waals surface area contributed by atoms with E-state index < -0.39 is 11.9 Å². The summed E-state index contributed by atoms with van der Waals surface area (Å²) in [6, 6.07) is 17.4. The van der Waals surface area contributed by atoms with Gasteiger partial charge in [-0.05, 0) is 24.1 Å². The van der Waals surface area contributed by atoms with Crippen molar-refractivity contribution in [2.24, 2.45) is 5.92 Å². The molecule has 4 nitrogen and oxygen atoms in total. The maximum absolute atomic E-state index is 12.8. The van der Waals surface area contributed by atoms with Crippen LogP contribution in [0.4, 0.5) is 5.69 Å². The minimum absolute atomic E-state index is 0.226. The van der Waals surface area contributed by atoms with E-state index in [1.165, 1.54) is 0 Å². The summed E-state index contributed by atoms with van der Waals surface area (Å²) in [4.78, 5) is 26.8. The summed E-state index contributed by atoms with van der Waals surface area (Å²) in [5.74, 6) is -1.86. The summed E-state index contributed by atoms with van der Waals surface area (Å²) >= 11 is 0. The largest absolute Gasteiger partial charge is 0.465 e. The van der Waals surface area contributed by atoms with E-state index in [0.29, 0.717) is 0 Å². The molecule has 0 saturated heterocycles. The first-order valence-electron chi connectivity index (χ1n) is 7.73. The van der Waals surface area contributed by atoms with Crippen molar-refractivity contribution in [3.8, 4) is 0 Å². The second kappa shape index (κ2) is 6.24. The van der Waals surface area contributed by atoms with Gasteiger partial charge in [-0.25, -0.2) is 0 Å². The summed E-state index contributed by atoms with van der Waals surface area (Å²) in [6.07, 6.45) is 0. The molecule has 0 bridgehead atoms. The van der Waals surface area contributed by atoms with E-state index in [9.17, 15) is 9.59 Å². The van der Waals surface area contributed by atoms with Crippen LogP contribution in [-0.4, -0.2) is 25.5 Å². The first-order chi connectivity index (χ1) is 11.1. The molecular weight excluding hydrogens is 290 g/mol. The van der Waals surface area contributed by atoms with Gasteiger partial charge in [0, 0.05) is 18.7 Å². The van der Waals surface area contributed by atoms with Crippen LogP contribution < -0.4 is 4.90 Å². The van der Waals surface area contributed by atoms with Gasteiger partial charge in [-0.1, -0.05) is 48.5 Å². The maximum Gasteiger partial charge on any atom is 0.319 e. The van der Waals surface area contributed by atoms with Crippen LogP contribution in [0.15, 0.2) is 54.6 Å². The van der Waals surface area contributed by atoms with Crippen LogP contribution in [0.3, 0.4) is 0 Å². The lowest BCUT2D eigenvalue weighted by atomic mass is 9.76. The van der Waals surface area contributed by atoms with Crippen molar-refractivity contribution >= 4 is 17.6 Å². The monoisotopic (exact) mass is 309 g/mol. The van der Waals surface area contributed by atoms with Crippen LogP contribution in [0.2, 0.25) is 0 Å². The van der Waals surface area contributed by atoms with Gasteiger partial charge >= 0.3 is 5.97 Å².